The minimum atomic E-state index is 0.260. The number of hydrogen-bond donors (Lipinski definition) is 0. The topological polar surface area (TPSA) is 20.3 Å². The van der Waals surface area contributed by atoms with E-state index in [-0.39, 0.29) is 5.91 Å². The average Bonchev–Trinajstić information content (AvgIpc) is 2.69. The molecule has 1 aromatic carbocycles. The number of aryl methyl sites for hydroxylation is 1. The molecule has 19 heavy (non-hydrogen) atoms. The lowest BCUT2D eigenvalue weighted by atomic mass is 10.1. The SMILES string of the molecule is Cc1ccc(CC(=O)N(C)C2CCCCCC2)cc1. The van der Waals surface area contributed by atoms with Crippen molar-refractivity contribution in [1.82, 2.24) is 4.90 Å². The van der Waals surface area contributed by atoms with Crippen LogP contribution in [0.1, 0.15) is 49.7 Å². The molecule has 0 radical (unpaired) electrons. The van der Waals surface area contributed by atoms with Gasteiger partial charge in [0.05, 0.1) is 6.42 Å². The number of benzene rings is 1. The Morgan fingerprint density at radius 2 is 1.68 bits per heavy atom. The minimum Gasteiger partial charge on any atom is -0.342 e. The van der Waals surface area contributed by atoms with E-state index in [0.29, 0.717) is 12.5 Å². The lowest BCUT2D eigenvalue weighted by Gasteiger charge is -2.27. The van der Waals surface area contributed by atoms with Gasteiger partial charge in [-0.25, -0.2) is 0 Å². The number of hydrogen-bond acceptors (Lipinski definition) is 1. The Bertz CT molecular complexity index is 402. The van der Waals surface area contributed by atoms with Crippen molar-refractivity contribution in [2.45, 2.75) is 57.9 Å². The third-order valence-corrected chi connectivity index (χ3v) is 4.24. The predicted molar refractivity (Wildman–Crippen MR) is 79.1 cm³/mol. The van der Waals surface area contributed by atoms with E-state index in [0.717, 1.165) is 5.56 Å². The van der Waals surface area contributed by atoms with Gasteiger partial charge in [-0.2, -0.15) is 0 Å². The van der Waals surface area contributed by atoms with Gasteiger partial charge in [-0.1, -0.05) is 55.5 Å². The molecule has 0 aliphatic heterocycles. The summed E-state index contributed by atoms with van der Waals surface area (Å²) in [6.45, 7) is 2.07. The van der Waals surface area contributed by atoms with Gasteiger partial charge in [0.2, 0.25) is 5.91 Å². The number of likely N-dealkylation sites (N-methyl/N-ethyl adjacent to an activating group) is 1. The molecule has 2 heteroatoms. The molecular formula is C17H25NO. The molecule has 0 spiro atoms. The van der Waals surface area contributed by atoms with E-state index in [1.54, 1.807) is 0 Å². The van der Waals surface area contributed by atoms with Crippen LogP contribution in [-0.2, 0) is 11.2 Å². The second-order valence-corrected chi connectivity index (χ2v) is 5.81. The molecule has 0 aromatic heterocycles. The first kappa shape index (κ1) is 14.1. The Morgan fingerprint density at radius 3 is 2.26 bits per heavy atom. The lowest BCUT2D eigenvalue weighted by Crippen LogP contribution is -2.37. The maximum absolute atomic E-state index is 12.3. The zero-order valence-electron chi connectivity index (χ0n) is 12.2. The van der Waals surface area contributed by atoms with Crippen molar-refractivity contribution in [3.63, 3.8) is 0 Å². The first-order valence-electron chi connectivity index (χ1n) is 7.48. The van der Waals surface area contributed by atoms with Gasteiger partial charge in [-0.05, 0) is 25.3 Å². The van der Waals surface area contributed by atoms with Crippen molar-refractivity contribution < 1.29 is 4.79 Å². The van der Waals surface area contributed by atoms with Gasteiger partial charge in [-0.15, -0.1) is 0 Å². The third kappa shape index (κ3) is 4.09. The Balaban J connectivity index is 1.92. The van der Waals surface area contributed by atoms with Gasteiger partial charge in [-0.3, -0.25) is 4.79 Å². The number of carbonyl (C=O) groups excluding carboxylic acids is 1. The largest absolute Gasteiger partial charge is 0.342 e. The fourth-order valence-electron chi connectivity index (χ4n) is 2.85. The van der Waals surface area contributed by atoms with Crippen LogP contribution in [0.3, 0.4) is 0 Å². The van der Waals surface area contributed by atoms with Crippen LogP contribution in [0, 0.1) is 6.92 Å². The van der Waals surface area contributed by atoms with Crippen LogP contribution in [0.25, 0.3) is 0 Å². The molecule has 104 valence electrons. The van der Waals surface area contributed by atoms with Gasteiger partial charge in [0.25, 0.3) is 0 Å². The van der Waals surface area contributed by atoms with Crippen molar-refractivity contribution in [3.05, 3.63) is 35.4 Å². The maximum Gasteiger partial charge on any atom is 0.226 e. The van der Waals surface area contributed by atoms with E-state index >= 15 is 0 Å². The predicted octanol–water partition coefficient (Wildman–Crippen LogP) is 3.72. The molecule has 1 saturated carbocycles. The normalized spacial score (nSPS) is 16.9. The quantitative estimate of drug-likeness (QED) is 0.758. The summed E-state index contributed by atoms with van der Waals surface area (Å²) in [4.78, 5) is 14.3. The highest BCUT2D eigenvalue weighted by atomic mass is 16.2. The number of rotatable bonds is 3. The highest BCUT2D eigenvalue weighted by Gasteiger charge is 2.20. The molecule has 1 amide bonds. The van der Waals surface area contributed by atoms with Gasteiger partial charge in [0.15, 0.2) is 0 Å². The lowest BCUT2D eigenvalue weighted by molar-refractivity contribution is -0.131. The summed E-state index contributed by atoms with van der Waals surface area (Å²) in [6.07, 6.45) is 8.09. The molecule has 0 heterocycles. The van der Waals surface area contributed by atoms with Crippen LogP contribution in [0.15, 0.2) is 24.3 Å². The number of nitrogens with zero attached hydrogens (tertiary/aromatic N) is 1. The van der Waals surface area contributed by atoms with E-state index in [2.05, 4.69) is 31.2 Å². The van der Waals surface area contributed by atoms with Gasteiger partial charge in [0.1, 0.15) is 0 Å². The second kappa shape index (κ2) is 6.74. The van der Waals surface area contributed by atoms with Crippen LogP contribution in [-0.4, -0.2) is 23.9 Å². The molecule has 0 saturated heterocycles. The van der Waals surface area contributed by atoms with Crippen LogP contribution in [0.2, 0.25) is 0 Å². The zero-order valence-corrected chi connectivity index (χ0v) is 12.2. The molecule has 1 aliphatic rings. The van der Waals surface area contributed by atoms with Crippen molar-refractivity contribution in [2.24, 2.45) is 0 Å². The molecule has 0 atom stereocenters. The Hall–Kier alpha value is -1.31. The fourth-order valence-corrected chi connectivity index (χ4v) is 2.85. The maximum atomic E-state index is 12.3. The van der Waals surface area contributed by atoms with Crippen LogP contribution >= 0.6 is 0 Å². The summed E-state index contributed by atoms with van der Waals surface area (Å²) in [5.74, 6) is 0.260. The summed E-state index contributed by atoms with van der Waals surface area (Å²) in [7, 11) is 1.98. The molecule has 2 nitrogen and oxygen atoms in total. The molecule has 1 aromatic rings. The summed E-state index contributed by atoms with van der Waals surface area (Å²) in [5, 5.41) is 0. The molecule has 0 unspecified atom stereocenters. The van der Waals surface area contributed by atoms with E-state index < -0.39 is 0 Å². The molecule has 0 bridgehead atoms. The van der Waals surface area contributed by atoms with Crippen molar-refractivity contribution in [3.8, 4) is 0 Å². The molecule has 1 aliphatic carbocycles. The van der Waals surface area contributed by atoms with E-state index in [9.17, 15) is 4.79 Å². The average molecular weight is 259 g/mol. The second-order valence-electron chi connectivity index (χ2n) is 5.81. The standard InChI is InChI=1S/C17H25NO/c1-14-9-11-15(12-10-14)13-17(19)18(2)16-7-5-3-4-6-8-16/h9-12,16H,3-8,13H2,1-2H3. The smallest absolute Gasteiger partial charge is 0.226 e. The number of carbonyl (C=O) groups is 1. The first-order chi connectivity index (χ1) is 9.16. The number of amides is 1. The summed E-state index contributed by atoms with van der Waals surface area (Å²) in [5.41, 5.74) is 2.37. The Morgan fingerprint density at radius 1 is 1.11 bits per heavy atom. The van der Waals surface area contributed by atoms with Gasteiger partial charge < -0.3 is 4.90 Å². The van der Waals surface area contributed by atoms with E-state index in [4.69, 9.17) is 0 Å². The van der Waals surface area contributed by atoms with Crippen molar-refractivity contribution in [1.29, 1.82) is 0 Å². The third-order valence-electron chi connectivity index (χ3n) is 4.24. The molecular weight excluding hydrogens is 234 g/mol. The van der Waals surface area contributed by atoms with Crippen LogP contribution in [0.4, 0.5) is 0 Å². The summed E-state index contributed by atoms with van der Waals surface area (Å²) in [6, 6.07) is 8.74. The van der Waals surface area contributed by atoms with Crippen LogP contribution in [0.5, 0.6) is 0 Å². The summed E-state index contributed by atoms with van der Waals surface area (Å²) >= 11 is 0. The molecule has 0 N–H and O–H groups in total. The fraction of sp³-hybridized carbons (Fsp3) is 0.588. The van der Waals surface area contributed by atoms with Crippen molar-refractivity contribution >= 4 is 5.91 Å². The highest BCUT2D eigenvalue weighted by molar-refractivity contribution is 5.78. The van der Waals surface area contributed by atoms with Crippen LogP contribution < -0.4 is 0 Å². The molecule has 1 fully saturated rings. The van der Waals surface area contributed by atoms with E-state index in [1.807, 2.05) is 11.9 Å². The van der Waals surface area contributed by atoms with Crippen molar-refractivity contribution in [2.75, 3.05) is 7.05 Å². The summed E-state index contributed by atoms with van der Waals surface area (Å²) < 4.78 is 0. The Kier molecular flexibility index (Phi) is 5.00. The van der Waals surface area contributed by atoms with Gasteiger partial charge >= 0.3 is 0 Å². The zero-order chi connectivity index (χ0) is 13.7. The highest BCUT2D eigenvalue weighted by Crippen LogP contribution is 2.21. The monoisotopic (exact) mass is 259 g/mol. The van der Waals surface area contributed by atoms with E-state index in [1.165, 1.54) is 44.1 Å². The van der Waals surface area contributed by atoms with Gasteiger partial charge in [0, 0.05) is 13.1 Å². The Labute approximate surface area is 116 Å². The molecule has 2 rings (SSSR count). The first-order valence-corrected chi connectivity index (χ1v) is 7.48. The minimum absolute atomic E-state index is 0.260.